The molecular formula is C23H31N7O2. The smallest absolute Gasteiger partial charge is 0.220 e. The highest BCUT2D eigenvalue weighted by Gasteiger charge is 2.20. The van der Waals surface area contributed by atoms with Crippen LogP contribution in [-0.4, -0.2) is 65.0 Å². The maximum Gasteiger partial charge on any atom is 0.220 e. The van der Waals surface area contributed by atoms with Crippen LogP contribution in [0.2, 0.25) is 0 Å². The number of ether oxygens (including phenoxy) is 1. The Morgan fingerprint density at radius 2 is 1.91 bits per heavy atom. The number of hydrogen-bond donors (Lipinski definition) is 1. The molecule has 1 aromatic carbocycles. The molecule has 170 valence electrons. The Morgan fingerprint density at radius 3 is 2.66 bits per heavy atom. The van der Waals surface area contributed by atoms with Crippen LogP contribution in [0.4, 0.5) is 11.5 Å². The Kier molecular flexibility index (Phi) is 6.72. The van der Waals surface area contributed by atoms with Gasteiger partial charge in [0.1, 0.15) is 11.6 Å². The molecule has 3 aromatic rings. The van der Waals surface area contributed by atoms with Crippen LogP contribution in [0.1, 0.15) is 32.5 Å². The van der Waals surface area contributed by atoms with Gasteiger partial charge in [-0.15, -0.1) is 15.3 Å². The van der Waals surface area contributed by atoms with E-state index in [0.717, 1.165) is 44.2 Å². The topological polar surface area (TPSA) is 87.9 Å². The third-order valence-electron chi connectivity index (χ3n) is 5.93. The molecule has 9 heteroatoms. The number of anilines is 2. The molecular weight excluding hydrogens is 406 g/mol. The van der Waals surface area contributed by atoms with Gasteiger partial charge in [-0.2, -0.15) is 4.52 Å². The fourth-order valence-corrected chi connectivity index (χ4v) is 3.82. The van der Waals surface area contributed by atoms with Crippen molar-refractivity contribution in [1.29, 1.82) is 0 Å². The Balaban J connectivity index is 1.40. The molecule has 1 amide bonds. The normalized spacial score (nSPS) is 15.1. The molecule has 1 N–H and O–H groups in total. The van der Waals surface area contributed by atoms with E-state index in [1.165, 1.54) is 5.69 Å². The Hall–Kier alpha value is -3.36. The maximum atomic E-state index is 12.1. The van der Waals surface area contributed by atoms with Crippen LogP contribution in [0.3, 0.4) is 0 Å². The molecule has 32 heavy (non-hydrogen) atoms. The van der Waals surface area contributed by atoms with Crippen molar-refractivity contribution in [2.45, 2.75) is 39.2 Å². The van der Waals surface area contributed by atoms with Crippen molar-refractivity contribution in [2.24, 2.45) is 0 Å². The van der Waals surface area contributed by atoms with Crippen molar-refractivity contribution in [3.8, 4) is 5.75 Å². The number of piperazine rings is 1. The summed E-state index contributed by atoms with van der Waals surface area (Å²) in [4.78, 5) is 16.8. The molecule has 0 spiro atoms. The van der Waals surface area contributed by atoms with Crippen LogP contribution in [0.25, 0.3) is 5.65 Å². The maximum absolute atomic E-state index is 12.1. The van der Waals surface area contributed by atoms with Crippen molar-refractivity contribution in [3.63, 3.8) is 0 Å². The highest BCUT2D eigenvalue weighted by atomic mass is 16.5. The number of amides is 1. The molecule has 3 heterocycles. The van der Waals surface area contributed by atoms with Crippen molar-refractivity contribution in [2.75, 3.05) is 43.1 Å². The quantitative estimate of drug-likeness (QED) is 0.579. The minimum atomic E-state index is 0.0286. The summed E-state index contributed by atoms with van der Waals surface area (Å²) in [6.45, 7) is 7.59. The number of rotatable bonds is 8. The van der Waals surface area contributed by atoms with Gasteiger partial charge in [-0.25, -0.2) is 0 Å². The zero-order valence-corrected chi connectivity index (χ0v) is 19.0. The van der Waals surface area contributed by atoms with Crippen molar-refractivity contribution in [1.82, 2.24) is 25.1 Å². The van der Waals surface area contributed by atoms with Crippen LogP contribution in [-0.2, 0) is 11.2 Å². The van der Waals surface area contributed by atoms with Crippen LogP contribution in [0.5, 0.6) is 5.75 Å². The van der Waals surface area contributed by atoms with E-state index >= 15 is 0 Å². The lowest BCUT2D eigenvalue weighted by molar-refractivity contribution is -0.121. The molecule has 0 aliphatic carbocycles. The number of carbonyl (C=O) groups excluding carboxylic acids is 1. The molecule has 1 atom stereocenters. The monoisotopic (exact) mass is 437 g/mol. The fourth-order valence-electron chi connectivity index (χ4n) is 3.82. The van der Waals surface area contributed by atoms with Crippen LogP contribution in [0, 0.1) is 0 Å². The average Bonchev–Trinajstić information content (AvgIpc) is 3.25. The summed E-state index contributed by atoms with van der Waals surface area (Å²) in [5, 5.41) is 16.2. The first-order valence-corrected chi connectivity index (χ1v) is 11.2. The van der Waals surface area contributed by atoms with E-state index in [1.54, 1.807) is 11.6 Å². The third kappa shape index (κ3) is 4.92. The average molecular weight is 438 g/mol. The minimum absolute atomic E-state index is 0.0286. The Morgan fingerprint density at radius 1 is 1.12 bits per heavy atom. The molecule has 2 aromatic heterocycles. The molecule has 1 aliphatic heterocycles. The third-order valence-corrected chi connectivity index (χ3v) is 5.93. The van der Waals surface area contributed by atoms with E-state index in [9.17, 15) is 4.79 Å². The predicted octanol–water partition coefficient (Wildman–Crippen LogP) is 2.31. The number of hydrogen-bond acceptors (Lipinski definition) is 7. The lowest BCUT2D eigenvalue weighted by Crippen LogP contribution is -2.47. The molecule has 4 rings (SSSR count). The van der Waals surface area contributed by atoms with E-state index in [4.69, 9.17) is 9.84 Å². The second-order valence-corrected chi connectivity index (χ2v) is 8.13. The number of nitrogens with zero attached hydrogens (tertiary/aromatic N) is 6. The van der Waals surface area contributed by atoms with E-state index in [-0.39, 0.29) is 11.9 Å². The first-order chi connectivity index (χ1) is 15.6. The SMILES string of the molecule is CCC(C)NC(=O)CCc1nnc2ccc(N3CCN(c4cccc(OC)c4)CC3)nn12. The highest BCUT2D eigenvalue weighted by molar-refractivity contribution is 5.76. The Labute approximate surface area is 188 Å². The summed E-state index contributed by atoms with van der Waals surface area (Å²) in [6.07, 6.45) is 1.79. The number of carbonyl (C=O) groups is 1. The number of nitrogens with one attached hydrogen (secondary N) is 1. The molecule has 1 saturated heterocycles. The molecule has 0 radical (unpaired) electrons. The molecule has 0 saturated carbocycles. The minimum Gasteiger partial charge on any atom is -0.497 e. The molecule has 0 bridgehead atoms. The highest BCUT2D eigenvalue weighted by Crippen LogP contribution is 2.23. The van der Waals surface area contributed by atoms with Crippen LogP contribution >= 0.6 is 0 Å². The number of aromatic nitrogens is 4. The number of methoxy groups -OCH3 is 1. The second-order valence-electron chi connectivity index (χ2n) is 8.13. The van der Waals surface area contributed by atoms with E-state index in [1.807, 2.05) is 31.2 Å². The van der Waals surface area contributed by atoms with Gasteiger partial charge < -0.3 is 19.9 Å². The van der Waals surface area contributed by atoms with Gasteiger partial charge in [-0.05, 0) is 37.6 Å². The summed E-state index contributed by atoms with van der Waals surface area (Å²) < 4.78 is 7.12. The Bertz CT molecular complexity index is 1060. The van der Waals surface area contributed by atoms with E-state index in [2.05, 4.69) is 44.4 Å². The van der Waals surface area contributed by atoms with E-state index in [0.29, 0.717) is 24.3 Å². The van der Waals surface area contributed by atoms with Crippen molar-refractivity contribution >= 4 is 23.1 Å². The van der Waals surface area contributed by atoms with Gasteiger partial charge in [0, 0.05) is 56.8 Å². The number of aryl methyl sites for hydroxylation is 1. The zero-order valence-electron chi connectivity index (χ0n) is 19.0. The first kappa shape index (κ1) is 21.9. The van der Waals surface area contributed by atoms with Crippen molar-refractivity contribution < 1.29 is 9.53 Å². The number of benzene rings is 1. The number of fused-ring (bicyclic) bond motifs is 1. The molecule has 9 nitrogen and oxygen atoms in total. The van der Waals surface area contributed by atoms with Gasteiger partial charge in [-0.1, -0.05) is 13.0 Å². The van der Waals surface area contributed by atoms with Crippen molar-refractivity contribution in [3.05, 3.63) is 42.2 Å². The fraction of sp³-hybridized carbons (Fsp3) is 0.478. The summed E-state index contributed by atoms with van der Waals surface area (Å²) in [5.41, 5.74) is 1.87. The summed E-state index contributed by atoms with van der Waals surface area (Å²) in [6, 6.07) is 12.3. The van der Waals surface area contributed by atoms with Gasteiger partial charge in [0.2, 0.25) is 5.91 Å². The molecule has 1 fully saturated rings. The van der Waals surface area contributed by atoms with Gasteiger partial charge in [0.05, 0.1) is 7.11 Å². The molecule has 1 unspecified atom stereocenters. The van der Waals surface area contributed by atoms with Crippen LogP contribution < -0.4 is 19.9 Å². The van der Waals surface area contributed by atoms with Gasteiger partial charge in [-0.3, -0.25) is 4.79 Å². The first-order valence-electron chi connectivity index (χ1n) is 11.2. The molecule has 1 aliphatic rings. The van der Waals surface area contributed by atoms with Crippen LogP contribution in [0.15, 0.2) is 36.4 Å². The van der Waals surface area contributed by atoms with E-state index < -0.39 is 0 Å². The summed E-state index contributed by atoms with van der Waals surface area (Å²) in [5.74, 6) is 2.50. The van der Waals surface area contributed by atoms with Gasteiger partial charge in [0.25, 0.3) is 0 Å². The largest absolute Gasteiger partial charge is 0.497 e. The summed E-state index contributed by atoms with van der Waals surface area (Å²) >= 11 is 0. The van der Waals surface area contributed by atoms with Gasteiger partial charge >= 0.3 is 0 Å². The standard InChI is InChI=1S/C23H31N7O2/c1-4-17(2)24-23(31)11-10-21-26-25-20-8-9-22(27-30(20)21)29-14-12-28(13-15-29)18-6-5-7-19(16-18)32-3/h5-9,16-17H,4,10-15H2,1-3H3,(H,24,31). The summed E-state index contributed by atoms with van der Waals surface area (Å²) in [7, 11) is 1.69. The lowest BCUT2D eigenvalue weighted by Gasteiger charge is -2.36. The van der Waals surface area contributed by atoms with Gasteiger partial charge in [0.15, 0.2) is 11.5 Å². The lowest BCUT2D eigenvalue weighted by atomic mass is 10.2. The second kappa shape index (κ2) is 9.84. The zero-order chi connectivity index (χ0) is 22.5. The predicted molar refractivity (Wildman–Crippen MR) is 124 cm³/mol.